The van der Waals surface area contributed by atoms with E-state index in [-0.39, 0.29) is 24.8 Å². The molecule has 22 heavy (non-hydrogen) atoms. The quantitative estimate of drug-likeness (QED) is 0.818. The normalized spacial score (nSPS) is 12.1. The summed E-state index contributed by atoms with van der Waals surface area (Å²) in [6.07, 6.45) is 0.0905. The highest BCUT2D eigenvalue weighted by molar-refractivity contribution is 5.87. The van der Waals surface area contributed by atoms with Crippen molar-refractivity contribution in [2.45, 2.75) is 32.9 Å². The second-order valence-corrected chi connectivity index (χ2v) is 4.92. The fraction of sp³-hybridized carbons (Fsp3) is 0.400. The Hall–Kier alpha value is -2.57. The Balaban J connectivity index is 1.97. The minimum Gasteiger partial charge on any atom is -0.408 e. The zero-order chi connectivity index (χ0) is 16.1. The first-order chi connectivity index (χ1) is 10.5. The molecular formula is C15H19N3O4. The molecule has 118 valence electrons. The van der Waals surface area contributed by atoms with Crippen molar-refractivity contribution in [1.82, 2.24) is 15.2 Å². The van der Waals surface area contributed by atoms with Crippen LogP contribution in [0.3, 0.4) is 0 Å². The van der Waals surface area contributed by atoms with Crippen LogP contribution in [0.25, 0.3) is 11.1 Å². The van der Waals surface area contributed by atoms with Gasteiger partial charge in [-0.1, -0.05) is 12.1 Å². The van der Waals surface area contributed by atoms with Crippen LogP contribution in [0.2, 0.25) is 0 Å². The van der Waals surface area contributed by atoms with Gasteiger partial charge in [0.1, 0.15) is 6.04 Å². The van der Waals surface area contributed by atoms with Gasteiger partial charge in [-0.05, 0) is 26.0 Å². The number of oxazole rings is 1. The molecule has 0 saturated carbocycles. The van der Waals surface area contributed by atoms with Crippen molar-refractivity contribution in [2.75, 3.05) is 6.54 Å². The van der Waals surface area contributed by atoms with E-state index in [4.69, 9.17) is 4.42 Å². The maximum Gasteiger partial charge on any atom is 0.419 e. The monoisotopic (exact) mass is 305 g/mol. The summed E-state index contributed by atoms with van der Waals surface area (Å²) in [6, 6.07) is 6.42. The van der Waals surface area contributed by atoms with E-state index in [0.717, 1.165) is 0 Å². The van der Waals surface area contributed by atoms with Gasteiger partial charge in [-0.15, -0.1) is 0 Å². The number of para-hydroxylation sites is 2. The summed E-state index contributed by atoms with van der Waals surface area (Å²) < 4.78 is 6.50. The Morgan fingerprint density at radius 2 is 2.05 bits per heavy atom. The first kappa shape index (κ1) is 15.8. The van der Waals surface area contributed by atoms with Gasteiger partial charge in [0.05, 0.1) is 5.52 Å². The molecule has 1 atom stereocenters. The number of benzene rings is 1. The van der Waals surface area contributed by atoms with E-state index in [2.05, 4.69) is 10.6 Å². The van der Waals surface area contributed by atoms with Crippen LogP contribution in [0.1, 0.15) is 20.3 Å². The topological polar surface area (TPSA) is 93.3 Å². The summed E-state index contributed by atoms with van der Waals surface area (Å²) in [5, 5.41) is 5.23. The van der Waals surface area contributed by atoms with Gasteiger partial charge in [-0.25, -0.2) is 4.79 Å². The molecule has 0 spiro atoms. The number of likely N-dealkylation sites (N-methyl/N-ethyl adjacent to an activating group) is 1. The van der Waals surface area contributed by atoms with E-state index >= 15 is 0 Å². The Morgan fingerprint density at radius 1 is 1.32 bits per heavy atom. The molecule has 0 aliphatic heterocycles. The minimum absolute atomic E-state index is 0.0905. The number of aromatic nitrogens is 1. The largest absolute Gasteiger partial charge is 0.419 e. The highest BCUT2D eigenvalue weighted by atomic mass is 16.4. The number of carbonyl (C=O) groups is 2. The van der Waals surface area contributed by atoms with E-state index in [9.17, 15) is 14.4 Å². The van der Waals surface area contributed by atoms with Crippen LogP contribution in [0.15, 0.2) is 33.5 Å². The Bertz CT molecular complexity index is 732. The van der Waals surface area contributed by atoms with Crippen molar-refractivity contribution in [3.8, 4) is 0 Å². The van der Waals surface area contributed by atoms with Crippen molar-refractivity contribution in [2.24, 2.45) is 0 Å². The number of nitrogens with one attached hydrogen (secondary N) is 2. The number of rotatable bonds is 6. The van der Waals surface area contributed by atoms with E-state index in [1.165, 1.54) is 4.57 Å². The molecule has 0 bridgehead atoms. The summed E-state index contributed by atoms with van der Waals surface area (Å²) in [4.78, 5) is 35.2. The molecule has 0 saturated heterocycles. The lowest BCUT2D eigenvalue weighted by Gasteiger charge is -2.13. The summed E-state index contributed by atoms with van der Waals surface area (Å²) in [5.41, 5.74) is 1.14. The molecule has 1 aromatic heterocycles. The van der Waals surface area contributed by atoms with Crippen LogP contribution >= 0.6 is 0 Å². The molecule has 7 heteroatoms. The fourth-order valence-corrected chi connectivity index (χ4v) is 2.15. The van der Waals surface area contributed by atoms with Gasteiger partial charge >= 0.3 is 5.76 Å². The minimum atomic E-state index is -0.606. The third-order valence-electron chi connectivity index (χ3n) is 3.26. The molecule has 0 fully saturated rings. The second kappa shape index (κ2) is 6.93. The molecule has 2 aromatic rings. The van der Waals surface area contributed by atoms with Gasteiger partial charge in [0, 0.05) is 19.5 Å². The number of hydrogen-bond donors (Lipinski definition) is 2. The molecule has 2 rings (SSSR count). The highest BCUT2D eigenvalue weighted by Gasteiger charge is 2.15. The van der Waals surface area contributed by atoms with Gasteiger partial charge in [0.15, 0.2) is 5.58 Å². The zero-order valence-electron chi connectivity index (χ0n) is 12.6. The smallest absolute Gasteiger partial charge is 0.408 e. The van der Waals surface area contributed by atoms with Crippen LogP contribution in [-0.2, 0) is 16.1 Å². The third-order valence-corrected chi connectivity index (χ3v) is 3.26. The number of fused-ring (bicyclic) bond motifs is 1. The highest BCUT2D eigenvalue weighted by Crippen LogP contribution is 2.11. The van der Waals surface area contributed by atoms with E-state index in [0.29, 0.717) is 17.6 Å². The third kappa shape index (κ3) is 3.55. The summed E-state index contributed by atoms with van der Waals surface area (Å²) >= 11 is 0. The van der Waals surface area contributed by atoms with E-state index in [1.54, 1.807) is 31.2 Å². The van der Waals surface area contributed by atoms with Gasteiger partial charge in [0.2, 0.25) is 11.8 Å². The lowest BCUT2D eigenvalue weighted by Crippen LogP contribution is -2.45. The first-order valence-corrected chi connectivity index (χ1v) is 7.18. The van der Waals surface area contributed by atoms with Gasteiger partial charge < -0.3 is 15.1 Å². The average molecular weight is 305 g/mol. The average Bonchev–Trinajstić information content (AvgIpc) is 2.80. The van der Waals surface area contributed by atoms with Crippen molar-refractivity contribution >= 4 is 22.9 Å². The van der Waals surface area contributed by atoms with E-state index in [1.807, 2.05) is 6.92 Å². The fourth-order valence-electron chi connectivity index (χ4n) is 2.15. The lowest BCUT2D eigenvalue weighted by molar-refractivity contribution is -0.128. The second-order valence-electron chi connectivity index (χ2n) is 4.92. The Labute approximate surface area is 127 Å². The number of aryl methyl sites for hydroxylation is 1. The Morgan fingerprint density at radius 3 is 2.77 bits per heavy atom. The summed E-state index contributed by atoms with van der Waals surface area (Å²) in [6.45, 7) is 4.13. The lowest BCUT2D eigenvalue weighted by atomic mass is 10.2. The predicted molar refractivity (Wildman–Crippen MR) is 81.4 cm³/mol. The first-order valence-electron chi connectivity index (χ1n) is 7.18. The van der Waals surface area contributed by atoms with Crippen molar-refractivity contribution in [3.63, 3.8) is 0 Å². The van der Waals surface area contributed by atoms with Crippen LogP contribution < -0.4 is 16.4 Å². The molecule has 0 aliphatic rings. The van der Waals surface area contributed by atoms with Crippen LogP contribution in [-0.4, -0.2) is 29.0 Å². The molecule has 1 heterocycles. The van der Waals surface area contributed by atoms with Gasteiger partial charge in [-0.3, -0.25) is 14.2 Å². The summed E-state index contributed by atoms with van der Waals surface area (Å²) in [5.74, 6) is -1.02. The molecule has 0 radical (unpaired) electrons. The Kier molecular flexibility index (Phi) is 4.98. The van der Waals surface area contributed by atoms with Crippen molar-refractivity contribution in [3.05, 3.63) is 34.8 Å². The van der Waals surface area contributed by atoms with Gasteiger partial charge in [-0.2, -0.15) is 0 Å². The van der Waals surface area contributed by atoms with Crippen LogP contribution in [0.4, 0.5) is 0 Å². The maximum atomic E-state index is 11.9. The molecule has 1 unspecified atom stereocenters. The standard InChI is InChI=1S/C15H19N3O4/c1-3-16-14(20)10(2)17-13(19)8-9-18-11-6-4-5-7-12(11)22-15(18)21/h4-7,10H,3,8-9H2,1-2H3,(H,16,20)(H,17,19). The number of carbonyl (C=O) groups excluding carboxylic acids is 2. The molecule has 2 N–H and O–H groups in total. The summed E-state index contributed by atoms with van der Waals surface area (Å²) in [7, 11) is 0. The molecule has 1 aromatic carbocycles. The molecule has 2 amide bonds. The predicted octanol–water partition coefficient (Wildman–Crippen LogP) is 0.625. The maximum absolute atomic E-state index is 11.9. The van der Waals surface area contributed by atoms with E-state index < -0.39 is 11.8 Å². The number of amides is 2. The molecular weight excluding hydrogens is 286 g/mol. The van der Waals surface area contributed by atoms with Crippen molar-refractivity contribution < 1.29 is 14.0 Å². The van der Waals surface area contributed by atoms with Crippen LogP contribution in [0, 0.1) is 0 Å². The number of nitrogens with zero attached hydrogens (tertiary/aromatic N) is 1. The van der Waals surface area contributed by atoms with Gasteiger partial charge in [0.25, 0.3) is 0 Å². The zero-order valence-corrected chi connectivity index (χ0v) is 12.6. The van der Waals surface area contributed by atoms with Crippen LogP contribution in [0.5, 0.6) is 0 Å². The molecule has 0 aliphatic carbocycles. The molecule has 7 nitrogen and oxygen atoms in total. The van der Waals surface area contributed by atoms with Crippen molar-refractivity contribution in [1.29, 1.82) is 0 Å². The number of hydrogen-bond acceptors (Lipinski definition) is 4. The SMILES string of the molecule is CCNC(=O)C(C)NC(=O)CCn1c(=O)oc2ccccc21.